The van der Waals surface area contributed by atoms with Crippen LogP contribution >= 0.6 is 0 Å². The third-order valence-electron chi connectivity index (χ3n) is 3.31. The summed E-state index contributed by atoms with van der Waals surface area (Å²) in [5.74, 6) is -0.900. The van der Waals surface area contributed by atoms with Crippen LogP contribution < -0.4 is 5.73 Å². The Hall–Kier alpha value is -2.08. The Balaban J connectivity index is 2.88. The van der Waals surface area contributed by atoms with Crippen LogP contribution in [-0.4, -0.2) is 48.7 Å². The van der Waals surface area contributed by atoms with Crippen LogP contribution in [0.2, 0.25) is 0 Å². The first kappa shape index (κ1) is 17.0. The fourth-order valence-electron chi connectivity index (χ4n) is 2.08. The molecule has 0 saturated carbocycles. The highest BCUT2D eigenvalue weighted by Crippen LogP contribution is 2.12. The number of benzene rings is 1. The lowest BCUT2D eigenvalue weighted by Crippen LogP contribution is -2.44. The van der Waals surface area contributed by atoms with Gasteiger partial charge in [-0.2, -0.15) is 0 Å². The van der Waals surface area contributed by atoms with E-state index in [4.69, 9.17) is 15.7 Å². The SMILES string of the molecule is CCN(CCOC)C(=O)C(Cc1ccccc1)C(N)=NO. The lowest BCUT2D eigenvalue weighted by atomic mass is 9.96. The van der Waals surface area contributed by atoms with Crippen LogP contribution in [0, 0.1) is 5.92 Å². The van der Waals surface area contributed by atoms with Gasteiger partial charge in [0.15, 0.2) is 5.84 Å². The van der Waals surface area contributed by atoms with E-state index in [2.05, 4.69) is 5.16 Å². The zero-order valence-corrected chi connectivity index (χ0v) is 12.5. The molecule has 116 valence electrons. The first-order valence-corrected chi connectivity index (χ1v) is 6.93. The van der Waals surface area contributed by atoms with E-state index < -0.39 is 5.92 Å². The maximum Gasteiger partial charge on any atom is 0.233 e. The van der Waals surface area contributed by atoms with Gasteiger partial charge in [-0.1, -0.05) is 35.5 Å². The van der Waals surface area contributed by atoms with E-state index in [0.29, 0.717) is 26.1 Å². The largest absolute Gasteiger partial charge is 0.409 e. The molecule has 3 N–H and O–H groups in total. The fraction of sp³-hybridized carbons (Fsp3) is 0.467. The Morgan fingerprint density at radius 3 is 2.62 bits per heavy atom. The maximum atomic E-state index is 12.6. The number of nitrogens with zero attached hydrogens (tertiary/aromatic N) is 2. The molecule has 0 saturated heterocycles. The van der Waals surface area contributed by atoms with Gasteiger partial charge in [-0.15, -0.1) is 0 Å². The Labute approximate surface area is 125 Å². The van der Waals surface area contributed by atoms with Crippen LogP contribution in [0.15, 0.2) is 35.5 Å². The molecule has 1 aromatic carbocycles. The number of hydrogen-bond donors (Lipinski definition) is 2. The summed E-state index contributed by atoms with van der Waals surface area (Å²) in [6, 6.07) is 9.52. The van der Waals surface area contributed by atoms with Crippen molar-refractivity contribution < 1.29 is 14.7 Å². The van der Waals surface area contributed by atoms with Crippen molar-refractivity contribution >= 4 is 11.7 Å². The van der Waals surface area contributed by atoms with Gasteiger partial charge in [0.25, 0.3) is 0 Å². The quantitative estimate of drug-likeness (QED) is 0.325. The molecular weight excluding hydrogens is 270 g/mol. The smallest absolute Gasteiger partial charge is 0.233 e. The van der Waals surface area contributed by atoms with Crippen molar-refractivity contribution in [2.45, 2.75) is 13.3 Å². The molecule has 21 heavy (non-hydrogen) atoms. The molecule has 0 spiro atoms. The van der Waals surface area contributed by atoms with Crippen molar-refractivity contribution in [1.82, 2.24) is 4.90 Å². The minimum absolute atomic E-state index is 0.0697. The maximum absolute atomic E-state index is 12.6. The molecule has 1 aromatic rings. The van der Waals surface area contributed by atoms with E-state index in [0.717, 1.165) is 5.56 Å². The van der Waals surface area contributed by atoms with E-state index in [1.165, 1.54) is 0 Å². The number of hydrogen-bond acceptors (Lipinski definition) is 4. The molecule has 0 fully saturated rings. The first-order valence-electron chi connectivity index (χ1n) is 6.93. The van der Waals surface area contributed by atoms with Crippen molar-refractivity contribution in [2.24, 2.45) is 16.8 Å². The summed E-state index contributed by atoms with van der Waals surface area (Å²) in [6.07, 6.45) is 0.402. The van der Waals surface area contributed by atoms with Gasteiger partial charge in [0, 0.05) is 20.2 Å². The minimum Gasteiger partial charge on any atom is -0.409 e. The number of amidine groups is 1. The van der Waals surface area contributed by atoms with E-state index in [1.807, 2.05) is 37.3 Å². The highest BCUT2D eigenvalue weighted by molar-refractivity contribution is 6.02. The second kappa shape index (κ2) is 8.97. The van der Waals surface area contributed by atoms with E-state index in [9.17, 15) is 4.79 Å². The number of rotatable bonds is 8. The van der Waals surface area contributed by atoms with Gasteiger partial charge >= 0.3 is 0 Å². The van der Waals surface area contributed by atoms with Crippen molar-refractivity contribution in [1.29, 1.82) is 0 Å². The molecule has 1 atom stereocenters. The monoisotopic (exact) mass is 293 g/mol. The predicted octanol–water partition coefficient (Wildman–Crippen LogP) is 1.09. The van der Waals surface area contributed by atoms with Gasteiger partial charge in [0.2, 0.25) is 5.91 Å². The standard InChI is InChI=1S/C15H23N3O3/c1-3-18(9-10-21-2)15(19)13(14(16)17-20)11-12-7-5-4-6-8-12/h4-8,13,20H,3,9-11H2,1-2H3,(H2,16,17). The molecule has 0 radical (unpaired) electrons. The molecule has 6 nitrogen and oxygen atoms in total. The Morgan fingerprint density at radius 2 is 2.10 bits per heavy atom. The topological polar surface area (TPSA) is 88.2 Å². The van der Waals surface area contributed by atoms with Gasteiger partial charge in [0.1, 0.15) is 5.92 Å². The zero-order chi connectivity index (χ0) is 15.7. The zero-order valence-electron chi connectivity index (χ0n) is 12.5. The summed E-state index contributed by atoms with van der Waals surface area (Å²) in [5.41, 5.74) is 6.67. The molecule has 6 heteroatoms. The van der Waals surface area contributed by atoms with Crippen LogP contribution in [-0.2, 0) is 16.0 Å². The Bertz CT molecular complexity index is 462. The molecule has 1 rings (SSSR count). The van der Waals surface area contributed by atoms with Crippen molar-refractivity contribution in [2.75, 3.05) is 26.8 Å². The lowest BCUT2D eigenvalue weighted by Gasteiger charge is -2.25. The average molecular weight is 293 g/mol. The van der Waals surface area contributed by atoms with Gasteiger partial charge < -0.3 is 20.6 Å². The first-order chi connectivity index (χ1) is 10.1. The number of ether oxygens (including phenoxy) is 1. The van der Waals surface area contributed by atoms with Crippen LogP contribution in [0.25, 0.3) is 0 Å². The highest BCUT2D eigenvalue weighted by atomic mass is 16.5. The van der Waals surface area contributed by atoms with Crippen molar-refractivity contribution in [3.8, 4) is 0 Å². The van der Waals surface area contributed by atoms with Gasteiger partial charge in [-0.05, 0) is 18.9 Å². The van der Waals surface area contributed by atoms with E-state index in [-0.39, 0.29) is 11.7 Å². The summed E-state index contributed by atoms with van der Waals surface area (Å²) in [4.78, 5) is 14.2. The van der Waals surface area contributed by atoms with Gasteiger partial charge in [-0.25, -0.2) is 0 Å². The predicted molar refractivity (Wildman–Crippen MR) is 81.2 cm³/mol. The molecule has 1 amide bonds. The fourth-order valence-corrected chi connectivity index (χ4v) is 2.08. The number of carbonyl (C=O) groups excluding carboxylic acids is 1. The van der Waals surface area contributed by atoms with E-state index in [1.54, 1.807) is 12.0 Å². The molecule has 0 aromatic heterocycles. The number of nitrogens with two attached hydrogens (primary N) is 1. The number of methoxy groups -OCH3 is 1. The van der Waals surface area contributed by atoms with Crippen LogP contribution in [0.3, 0.4) is 0 Å². The number of oxime groups is 1. The Morgan fingerprint density at radius 1 is 1.43 bits per heavy atom. The van der Waals surface area contributed by atoms with Crippen LogP contribution in [0.4, 0.5) is 0 Å². The average Bonchev–Trinajstić information content (AvgIpc) is 2.53. The molecule has 0 aliphatic heterocycles. The molecular formula is C15H23N3O3. The third kappa shape index (κ3) is 5.07. The number of likely N-dealkylation sites (N-methyl/N-ethyl adjacent to an activating group) is 1. The summed E-state index contributed by atoms with van der Waals surface area (Å²) in [5, 5.41) is 11.9. The number of carbonyl (C=O) groups is 1. The second-order valence-electron chi connectivity index (χ2n) is 4.68. The summed E-state index contributed by atoms with van der Waals surface area (Å²) < 4.78 is 5.00. The molecule has 0 aliphatic rings. The highest BCUT2D eigenvalue weighted by Gasteiger charge is 2.27. The van der Waals surface area contributed by atoms with Crippen LogP contribution in [0.1, 0.15) is 12.5 Å². The lowest BCUT2D eigenvalue weighted by molar-refractivity contribution is -0.133. The summed E-state index contributed by atoms with van der Waals surface area (Å²) >= 11 is 0. The van der Waals surface area contributed by atoms with Crippen molar-refractivity contribution in [3.63, 3.8) is 0 Å². The third-order valence-corrected chi connectivity index (χ3v) is 3.31. The molecule has 0 heterocycles. The van der Waals surface area contributed by atoms with E-state index >= 15 is 0 Å². The molecule has 0 aliphatic carbocycles. The van der Waals surface area contributed by atoms with Gasteiger partial charge in [0.05, 0.1) is 6.61 Å². The number of amides is 1. The molecule has 0 bridgehead atoms. The normalized spacial score (nSPS) is 13.0. The Kier molecular flexibility index (Phi) is 7.25. The van der Waals surface area contributed by atoms with Crippen LogP contribution in [0.5, 0.6) is 0 Å². The molecule has 1 unspecified atom stereocenters. The second-order valence-corrected chi connectivity index (χ2v) is 4.68. The van der Waals surface area contributed by atoms with Gasteiger partial charge in [-0.3, -0.25) is 4.79 Å². The minimum atomic E-state index is -0.672. The summed E-state index contributed by atoms with van der Waals surface area (Å²) in [7, 11) is 1.59. The van der Waals surface area contributed by atoms with Crippen molar-refractivity contribution in [3.05, 3.63) is 35.9 Å². The summed E-state index contributed by atoms with van der Waals surface area (Å²) in [6.45, 7) is 3.37.